The largest absolute Gasteiger partial charge is 0.370 e. The Balaban J connectivity index is 1.91. The van der Waals surface area contributed by atoms with Crippen LogP contribution in [0.1, 0.15) is 37.4 Å². The van der Waals surface area contributed by atoms with Gasteiger partial charge in [0.15, 0.2) is 5.96 Å². The van der Waals surface area contributed by atoms with Gasteiger partial charge in [-0.2, -0.15) is 0 Å². The third-order valence-corrected chi connectivity index (χ3v) is 4.33. The summed E-state index contributed by atoms with van der Waals surface area (Å²) in [6, 6.07) is 0. The molecular formula is C13H22N4S. The topological polar surface area (TPSA) is 54.5 Å². The number of aromatic nitrogens is 1. The first-order valence-electron chi connectivity index (χ1n) is 6.67. The van der Waals surface area contributed by atoms with Crippen LogP contribution in [-0.2, 0) is 13.0 Å². The molecule has 18 heavy (non-hydrogen) atoms. The Morgan fingerprint density at radius 2 is 2.50 bits per heavy atom. The van der Waals surface area contributed by atoms with Crippen molar-refractivity contribution in [1.29, 1.82) is 0 Å². The fourth-order valence-corrected chi connectivity index (χ4v) is 2.98. The Morgan fingerprint density at radius 1 is 1.67 bits per heavy atom. The van der Waals surface area contributed by atoms with Gasteiger partial charge in [0, 0.05) is 18.5 Å². The number of likely N-dealkylation sites (tertiary alicyclic amines) is 1. The highest BCUT2D eigenvalue weighted by atomic mass is 32.1. The summed E-state index contributed by atoms with van der Waals surface area (Å²) in [5, 5.41) is 3.25. The van der Waals surface area contributed by atoms with E-state index >= 15 is 0 Å². The number of guanidine groups is 1. The minimum Gasteiger partial charge on any atom is -0.370 e. The van der Waals surface area contributed by atoms with E-state index in [9.17, 15) is 0 Å². The number of hydrogen-bond acceptors (Lipinski definition) is 3. The van der Waals surface area contributed by atoms with Crippen molar-refractivity contribution in [1.82, 2.24) is 9.88 Å². The summed E-state index contributed by atoms with van der Waals surface area (Å²) in [7, 11) is 0. The van der Waals surface area contributed by atoms with Gasteiger partial charge in [0.2, 0.25) is 0 Å². The van der Waals surface area contributed by atoms with E-state index in [-0.39, 0.29) is 0 Å². The van der Waals surface area contributed by atoms with Crippen molar-refractivity contribution in [2.45, 2.75) is 39.7 Å². The first kappa shape index (κ1) is 13.3. The van der Waals surface area contributed by atoms with Gasteiger partial charge >= 0.3 is 0 Å². The average molecular weight is 266 g/mol. The molecule has 0 bridgehead atoms. The van der Waals surface area contributed by atoms with Gasteiger partial charge in [-0.3, -0.25) is 0 Å². The number of rotatable bonds is 3. The molecule has 0 saturated carbocycles. The summed E-state index contributed by atoms with van der Waals surface area (Å²) in [5.41, 5.74) is 7.08. The zero-order valence-corrected chi connectivity index (χ0v) is 12.0. The first-order chi connectivity index (χ1) is 8.69. The molecule has 2 heterocycles. The number of nitrogens with two attached hydrogens (primary N) is 1. The smallest absolute Gasteiger partial charge is 0.191 e. The van der Waals surface area contributed by atoms with E-state index in [1.165, 1.54) is 17.8 Å². The number of aliphatic imine (C=N–C) groups is 1. The molecule has 0 aromatic carbocycles. The maximum atomic E-state index is 6.05. The lowest BCUT2D eigenvalue weighted by Gasteiger charge is -2.31. The Morgan fingerprint density at radius 3 is 3.17 bits per heavy atom. The second-order valence-electron chi connectivity index (χ2n) is 4.95. The minimum absolute atomic E-state index is 0.604. The summed E-state index contributed by atoms with van der Waals surface area (Å²) in [6.45, 7) is 7.07. The minimum atomic E-state index is 0.604. The van der Waals surface area contributed by atoms with Crippen molar-refractivity contribution in [3.05, 3.63) is 16.1 Å². The van der Waals surface area contributed by atoms with Gasteiger partial charge in [-0.15, -0.1) is 11.3 Å². The number of piperidine rings is 1. The van der Waals surface area contributed by atoms with E-state index in [1.807, 2.05) is 0 Å². The molecule has 100 valence electrons. The zero-order chi connectivity index (χ0) is 13.0. The maximum Gasteiger partial charge on any atom is 0.191 e. The third kappa shape index (κ3) is 3.45. The summed E-state index contributed by atoms with van der Waals surface area (Å²) in [5.74, 6) is 1.39. The van der Waals surface area contributed by atoms with Crippen LogP contribution in [0, 0.1) is 5.92 Å². The van der Waals surface area contributed by atoms with Gasteiger partial charge in [-0.1, -0.05) is 13.8 Å². The van der Waals surface area contributed by atoms with Crippen LogP contribution >= 0.6 is 11.3 Å². The van der Waals surface area contributed by atoms with E-state index < -0.39 is 0 Å². The van der Waals surface area contributed by atoms with Crippen LogP contribution in [0.5, 0.6) is 0 Å². The Hall–Kier alpha value is -1.10. The predicted molar refractivity (Wildman–Crippen MR) is 76.8 cm³/mol. The first-order valence-corrected chi connectivity index (χ1v) is 7.55. The van der Waals surface area contributed by atoms with Crippen LogP contribution in [0.4, 0.5) is 0 Å². The van der Waals surface area contributed by atoms with Crippen molar-refractivity contribution in [3.8, 4) is 0 Å². The van der Waals surface area contributed by atoms with Crippen molar-refractivity contribution in [2.24, 2.45) is 16.6 Å². The summed E-state index contributed by atoms with van der Waals surface area (Å²) in [4.78, 5) is 11.2. The van der Waals surface area contributed by atoms with Gasteiger partial charge in [0.25, 0.3) is 0 Å². The fraction of sp³-hybridized carbons (Fsp3) is 0.692. The quantitative estimate of drug-likeness (QED) is 0.674. The normalized spacial score (nSPS) is 21.3. The molecule has 1 fully saturated rings. The molecule has 0 aliphatic carbocycles. The standard InChI is InChI=1S/C13H22N4S/c1-3-12-16-11(9-18-12)7-15-13(14)17-6-4-5-10(2)8-17/h9-10H,3-8H2,1-2H3,(H2,14,15). The Kier molecular flexibility index (Phi) is 4.58. The number of hydrogen-bond donors (Lipinski definition) is 1. The van der Waals surface area contributed by atoms with Gasteiger partial charge < -0.3 is 10.6 Å². The van der Waals surface area contributed by atoms with Crippen molar-refractivity contribution >= 4 is 17.3 Å². The summed E-state index contributed by atoms with van der Waals surface area (Å²) >= 11 is 1.70. The average Bonchev–Trinajstić information content (AvgIpc) is 2.84. The zero-order valence-electron chi connectivity index (χ0n) is 11.2. The molecule has 1 atom stereocenters. The molecule has 0 spiro atoms. The van der Waals surface area contributed by atoms with Crippen LogP contribution in [0.15, 0.2) is 10.4 Å². The predicted octanol–water partition coefficient (Wildman–Crippen LogP) is 2.25. The lowest BCUT2D eigenvalue weighted by molar-refractivity contribution is 0.270. The van der Waals surface area contributed by atoms with Crippen LogP contribution < -0.4 is 5.73 Å². The highest BCUT2D eigenvalue weighted by Crippen LogP contribution is 2.15. The van der Waals surface area contributed by atoms with E-state index in [1.54, 1.807) is 11.3 Å². The molecule has 4 nitrogen and oxygen atoms in total. The summed E-state index contributed by atoms with van der Waals surface area (Å²) < 4.78 is 0. The SMILES string of the molecule is CCc1nc(CN=C(N)N2CCCC(C)C2)cs1. The third-order valence-electron chi connectivity index (χ3n) is 3.29. The molecule has 0 radical (unpaired) electrons. The second-order valence-corrected chi connectivity index (χ2v) is 5.90. The molecule has 2 rings (SSSR count). The van der Waals surface area contributed by atoms with E-state index in [0.717, 1.165) is 31.1 Å². The molecule has 1 unspecified atom stereocenters. The highest BCUT2D eigenvalue weighted by molar-refractivity contribution is 7.09. The van der Waals surface area contributed by atoms with Gasteiger partial charge in [-0.25, -0.2) is 9.98 Å². The van der Waals surface area contributed by atoms with Gasteiger partial charge in [-0.05, 0) is 25.2 Å². The monoisotopic (exact) mass is 266 g/mol. The molecule has 1 aliphatic heterocycles. The molecule has 1 saturated heterocycles. The highest BCUT2D eigenvalue weighted by Gasteiger charge is 2.17. The van der Waals surface area contributed by atoms with Crippen molar-refractivity contribution in [2.75, 3.05) is 13.1 Å². The van der Waals surface area contributed by atoms with E-state index in [2.05, 4.69) is 34.1 Å². The number of thiazole rings is 1. The van der Waals surface area contributed by atoms with E-state index in [0.29, 0.717) is 12.5 Å². The van der Waals surface area contributed by atoms with Crippen LogP contribution in [0.25, 0.3) is 0 Å². The van der Waals surface area contributed by atoms with Crippen LogP contribution in [-0.4, -0.2) is 28.9 Å². The fourth-order valence-electron chi connectivity index (χ4n) is 2.24. The molecule has 2 N–H and O–H groups in total. The number of nitrogens with zero attached hydrogens (tertiary/aromatic N) is 3. The van der Waals surface area contributed by atoms with Crippen LogP contribution in [0.3, 0.4) is 0 Å². The molecule has 1 aromatic rings. The molecular weight excluding hydrogens is 244 g/mol. The van der Waals surface area contributed by atoms with Crippen molar-refractivity contribution in [3.63, 3.8) is 0 Å². The number of aryl methyl sites for hydroxylation is 1. The lowest BCUT2D eigenvalue weighted by Crippen LogP contribution is -2.43. The second kappa shape index (κ2) is 6.18. The van der Waals surface area contributed by atoms with Crippen LogP contribution in [0.2, 0.25) is 0 Å². The molecule has 0 amide bonds. The van der Waals surface area contributed by atoms with Crippen molar-refractivity contribution < 1.29 is 0 Å². The molecule has 5 heteroatoms. The Labute approximate surface area is 113 Å². The Bertz CT molecular complexity index is 413. The molecule has 1 aromatic heterocycles. The molecule has 1 aliphatic rings. The lowest BCUT2D eigenvalue weighted by atomic mass is 10.0. The maximum absolute atomic E-state index is 6.05. The summed E-state index contributed by atoms with van der Waals surface area (Å²) in [6.07, 6.45) is 3.51. The van der Waals surface area contributed by atoms with Gasteiger partial charge in [0.1, 0.15) is 0 Å². The van der Waals surface area contributed by atoms with E-state index in [4.69, 9.17) is 5.73 Å². The van der Waals surface area contributed by atoms with Gasteiger partial charge in [0.05, 0.1) is 17.2 Å².